The zero-order valence-electron chi connectivity index (χ0n) is 9.11. The molecule has 1 rings (SSSR count). The van der Waals surface area contributed by atoms with Crippen LogP contribution < -0.4 is 0 Å². The van der Waals surface area contributed by atoms with Gasteiger partial charge in [-0.25, -0.2) is 13.1 Å². The van der Waals surface area contributed by atoms with Crippen LogP contribution in [0.1, 0.15) is 25.3 Å². The Morgan fingerprint density at radius 2 is 1.73 bits per heavy atom. The second kappa shape index (κ2) is 10.3. The molecule has 2 nitrogen and oxygen atoms in total. The molecule has 0 atom stereocenters. The third-order valence-electron chi connectivity index (χ3n) is 1.73. The Labute approximate surface area is 92.2 Å². The van der Waals surface area contributed by atoms with Gasteiger partial charge in [-0.2, -0.15) is 0 Å². The average Bonchev–Trinajstić information content (AvgIpc) is 2.29. The van der Waals surface area contributed by atoms with Crippen LogP contribution in [0.25, 0.3) is 9.69 Å². The van der Waals surface area contributed by atoms with E-state index >= 15 is 0 Å². The van der Waals surface area contributed by atoms with Crippen LogP contribution in [-0.4, -0.2) is 6.54 Å². The summed E-state index contributed by atoms with van der Waals surface area (Å²) in [4.78, 5) is 6.43. The molecule has 0 unspecified atom stereocenters. The van der Waals surface area contributed by atoms with Crippen LogP contribution in [-0.2, 0) is 6.54 Å². The minimum absolute atomic E-state index is 0.501. The Hall–Kier alpha value is -1.80. The average molecular weight is 200 g/mol. The van der Waals surface area contributed by atoms with E-state index in [0.717, 1.165) is 18.4 Å². The molecule has 0 bridgehead atoms. The molecule has 0 saturated heterocycles. The van der Waals surface area contributed by atoms with Crippen LogP contribution in [0.4, 0.5) is 0 Å². The van der Waals surface area contributed by atoms with Crippen molar-refractivity contribution < 1.29 is 0 Å². The van der Waals surface area contributed by atoms with Gasteiger partial charge < -0.3 is 9.69 Å². The van der Waals surface area contributed by atoms with E-state index in [4.69, 9.17) is 13.1 Å². The fourth-order valence-electron chi connectivity index (χ4n) is 0.912. The molecular weight excluding hydrogens is 184 g/mol. The minimum Gasteiger partial charge on any atom is -0.317 e. The van der Waals surface area contributed by atoms with Crippen LogP contribution in [0.15, 0.2) is 30.3 Å². The summed E-state index contributed by atoms with van der Waals surface area (Å²) in [6.45, 7) is 16.2. The molecule has 15 heavy (non-hydrogen) atoms. The van der Waals surface area contributed by atoms with Gasteiger partial charge in [0, 0.05) is 12.0 Å². The molecule has 0 heterocycles. The van der Waals surface area contributed by atoms with E-state index in [-0.39, 0.29) is 0 Å². The highest BCUT2D eigenvalue weighted by atomic mass is 14.6. The van der Waals surface area contributed by atoms with Crippen molar-refractivity contribution in [2.75, 3.05) is 6.54 Å². The van der Waals surface area contributed by atoms with Gasteiger partial charge in [0.2, 0.25) is 13.1 Å². The summed E-state index contributed by atoms with van der Waals surface area (Å²) in [5.74, 6) is 0. The van der Waals surface area contributed by atoms with Crippen molar-refractivity contribution in [3.05, 3.63) is 58.7 Å². The first-order chi connectivity index (χ1) is 7.35. The Kier molecular flexibility index (Phi) is 9.05. The third kappa shape index (κ3) is 8.53. The molecule has 0 amide bonds. The van der Waals surface area contributed by atoms with E-state index in [1.54, 1.807) is 0 Å². The zero-order chi connectivity index (χ0) is 11.4. The molecule has 0 spiro atoms. The molecule has 0 aliphatic carbocycles. The Morgan fingerprint density at radius 3 is 2.13 bits per heavy atom. The van der Waals surface area contributed by atoms with Crippen molar-refractivity contribution >= 4 is 0 Å². The van der Waals surface area contributed by atoms with E-state index in [9.17, 15) is 0 Å². The van der Waals surface area contributed by atoms with Gasteiger partial charge in [0.05, 0.1) is 0 Å². The van der Waals surface area contributed by atoms with Crippen LogP contribution in [0.5, 0.6) is 0 Å². The van der Waals surface area contributed by atoms with Gasteiger partial charge in [-0.1, -0.05) is 37.3 Å². The summed E-state index contributed by atoms with van der Waals surface area (Å²) in [7, 11) is 0. The minimum atomic E-state index is 0.501. The largest absolute Gasteiger partial charge is 0.317 e. The van der Waals surface area contributed by atoms with Gasteiger partial charge in [-0.3, -0.25) is 0 Å². The van der Waals surface area contributed by atoms with Gasteiger partial charge >= 0.3 is 0 Å². The van der Waals surface area contributed by atoms with Crippen LogP contribution in [0, 0.1) is 13.1 Å². The van der Waals surface area contributed by atoms with Gasteiger partial charge in [-0.15, -0.1) is 0 Å². The summed E-state index contributed by atoms with van der Waals surface area (Å²) in [6.07, 6.45) is 2.20. The van der Waals surface area contributed by atoms with Crippen molar-refractivity contribution in [3.63, 3.8) is 0 Å². The lowest BCUT2D eigenvalue weighted by Crippen LogP contribution is -1.74. The Morgan fingerprint density at radius 1 is 1.07 bits per heavy atom. The lowest BCUT2D eigenvalue weighted by molar-refractivity contribution is 0.859. The highest BCUT2D eigenvalue weighted by molar-refractivity contribution is 5.15. The monoisotopic (exact) mass is 200 g/mol. The molecular formula is C13H16N2. The fraction of sp³-hybridized carbons (Fsp3) is 0.385. The summed E-state index contributed by atoms with van der Waals surface area (Å²) < 4.78 is 0. The summed E-state index contributed by atoms with van der Waals surface area (Å²) >= 11 is 0. The predicted octanol–water partition coefficient (Wildman–Crippen LogP) is 3.81. The van der Waals surface area contributed by atoms with Crippen molar-refractivity contribution in [2.24, 2.45) is 0 Å². The maximum atomic E-state index is 6.57. The maximum absolute atomic E-state index is 6.57. The number of unbranched alkanes of at least 4 members (excludes halogenated alkanes) is 1. The van der Waals surface area contributed by atoms with Crippen molar-refractivity contribution in [3.8, 4) is 0 Å². The van der Waals surface area contributed by atoms with E-state index in [2.05, 4.69) is 16.6 Å². The van der Waals surface area contributed by atoms with Gasteiger partial charge in [0.25, 0.3) is 0 Å². The molecule has 2 heteroatoms. The van der Waals surface area contributed by atoms with Crippen molar-refractivity contribution in [1.29, 1.82) is 0 Å². The number of nitrogens with zero attached hydrogens (tertiary/aromatic N) is 2. The van der Waals surface area contributed by atoms with Crippen LogP contribution in [0.3, 0.4) is 0 Å². The van der Waals surface area contributed by atoms with Gasteiger partial charge in [0.15, 0.2) is 0 Å². The highest BCUT2D eigenvalue weighted by Gasteiger charge is 1.88. The molecule has 0 aliphatic rings. The normalized spacial score (nSPS) is 7.93. The number of hydrogen-bond donors (Lipinski definition) is 0. The van der Waals surface area contributed by atoms with Crippen molar-refractivity contribution in [1.82, 2.24) is 0 Å². The predicted molar refractivity (Wildman–Crippen MR) is 63.1 cm³/mol. The number of rotatable bonds is 3. The highest BCUT2D eigenvalue weighted by Crippen LogP contribution is 1.98. The van der Waals surface area contributed by atoms with E-state index in [1.807, 2.05) is 30.3 Å². The van der Waals surface area contributed by atoms with E-state index < -0.39 is 0 Å². The molecule has 78 valence electrons. The van der Waals surface area contributed by atoms with Crippen molar-refractivity contribution in [2.45, 2.75) is 26.3 Å². The summed E-state index contributed by atoms with van der Waals surface area (Å²) in [5.41, 5.74) is 1.09. The van der Waals surface area contributed by atoms with Gasteiger partial charge in [-0.05, 0) is 6.42 Å². The number of hydrogen-bond acceptors (Lipinski definition) is 0. The standard InChI is InChI=1S/C8H7N.C5H9N/c1-9-7-8-5-3-2-4-6-8;1-3-4-5-6-2/h2-6H,7H2;3-5H2,1H3. The van der Waals surface area contributed by atoms with Crippen LogP contribution in [0.2, 0.25) is 0 Å². The molecule has 1 aromatic rings. The van der Waals surface area contributed by atoms with Gasteiger partial charge in [0.1, 0.15) is 0 Å². The Balaban J connectivity index is 0.000000288. The Bertz CT molecular complexity index is 317. The smallest absolute Gasteiger partial charge is 0.239 e. The molecule has 1 aromatic carbocycles. The molecule has 0 saturated carbocycles. The van der Waals surface area contributed by atoms with E-state index in [0.29, 0.717) is 13.1 Å². The molecule has 0 aliphatic heterocycles. The quantitative estimate of drug-likeness (QED) is 0.518. The molecule has 0 aromatic heterocycles. The second-order valence-electron chi connectivity index (χ2n) is 3.04. The molecule has 0 N–H and O–H groups in total. The first kappa shape index (κ1) is 13.2. The topological polar surface area (TPSA) is 8.72 Å². The lowest BCUT2D eigenvalue weighted by atomic mass is 10.2. The SMILES string of the molecule is [C-]#[N+]CCCC.[C-]#[N+]Cc1ccccc1. The lowest BCUT2D eigenvalue weighted by Gasteiger charge is -1.85. The second-order valence-corrected chi connectivity index (χ2v) is 3.04. The van der Waals surface area contributed by atoms with E-state index in [1.165, 1.54) is 0 Å². The third-order valence-corrected chi connectivity index (χ3v) is 1.73. The maximum Gasteiger partial charge on any atom is 0.239 e. The zero-order valence-corrected chi connectivity index (χ0v) is 9.11. The molecule has 0 radical (unpaired) electrons. The fourth-order valence-corrected chi connectivity index (χ4v) is 0.912. The number of benzene rings is 1. The molecule has 0 fully saturated rings. The summed E-state index contributed by atoms with van der Waals surface area (Å²) in [6, 6.07) is 9.75. The van der Waals surface area contributed by atoms with Crippen LogP contribution >= 0.6 is 0 Å². The summed E-state index contributed by atoms with van der Waals surface area (Å²) in [5, 5.41) is 0. The first-order valence-corrected chi connectivity index (χ1v) is 5.05. The first-order valence-electron chi connectivity index (χ1n) is 5.05.